The predicted molar refractivity (Wildman–Crippen MR) is 64.1 cm³/mol. The summed E-state index contributed by atoms with van der Waals surface area (Å²) in [5.74, 6) is 0.0976. The topological polar surface area (TPSA) is 61.4 Å². The molecule has 1 aliphatic carbocycles. The Morgan fingerprint density at radius 2 is 2.12 bits per heavy atom. The van der Waals surface area contributed by atoms with E-state index in [4.69, 9.17) is 5.11 Å². The number of carbonyl (C=O) groups excluding carboxylic acids is 1. The summed E-state index contributed by atoms with van der Waals surface area (Å²) in [5.41, 5.74) is 0.141. The lowest BCUT2D eigenvalue weighted by Crippen LogP contribution is -2.39. The van der Waals surface area contributed by atoms with Crippen LogP contribution in [0.15, 0.2) is 0 Å². The first-order valence-corrected chi connectivity index (χ1v) is 6.14. The van der Waals surface area contributed by atoms with Crippen molar-refractivity contribution >= 4 is 5.91 Å². The molecule has 4 nitrogen and oxygen atoms in total. The summed E-state index contributed by atoms with van der Waals surface area (Å²) in [5, 5.41) is 14.9. The lowest BCUT2D eigenvalue weighted by Gasteiger charge is -2.24. The van der Waals surface area contributed by atoms with Crippen LogP contribution >= 0.6 is 0 Å². The first-order valence-electron chi connectivity index (χ1n) is 6.14. The number of aliphatic hydroxyl groups is 1. The fourth-order valence-electron chi connectivity index (χ4n) is 1.67. The van der Waals surface area contributed by atoms with Crippen molar-refractivity contribution in [2.75, 3.05) is 19.7 Å². The molecule has 0 radical (unpaired) electrons. The Bertz CT molecular complexity index is 225. The third kappa shape index (κ3) is 6.08. The molecule has 0 bridgehead atoms. The molecule has 1 aliphatic rings. The number of carbonyl (C=O) groups is 1. The Morgan fingerprint density at radius 3 is 2.69 bits per heavy atom. The van der Waals surface area contributed by atoms with Crippen LogP contribution in [0.1, 0.15) is 39.5 Å². The second-order valence-corrected chi connectivity index (χ2v) is 5.44. The number of aliphatic hydroxyl groups excluding tert-OH is 1. The molecule has 0 spiro atoms. The number of hydrogen-bond acceptors (Lipinski definition) is 3. The zero-order chi connectivity index (χ0) is 12.0. The van der Waals surface area contributed by atoms with E-state index < -0.39 is 0 Å². The number of nitrogens with one attached hydrogen (secondary N) is 2. The van der Waals surface area contributed by atoms with Crippen molar-refractivity contribution in [3.63, 3.8) is 0 Å². The minimum absolute atomic E-state index is 0.0976. The first-order chi connectivity index (χ1) is 7.53. The van der Waals surface area contributed by atoms with Crippen LogP contribution in [0.5, 0.6) is 0 Å². The summed E-state index contributed by atoms with van der Waals surface area (Å²) in [4.78, 5) is 11.4. The molecule has 0 heterocycles. The number of hydrogen-bond donors (Lipinski definition) is 3. The van der Waals surface area contributed by atoms with Crippen molar-refractivity contribution in [2.45, 2.75) is 45.6 Å². The van der Waals surface area contributed by atoms with Gasteiger partial charge in [-0.15, -0.1) is 0 Å². The summed E-state index contributed by atoms with van der Waals surface area (Å²) in [6.07, 6.45) is 4.06. The minimum Gasteiger partial charge on any atom is -0.396 e. The lowest BCUT2D eigenvalue weighted by atomic mass is 9.88. The molecule has 0 atom stereocenters. The molecule has 1 saturated carbocycles. The summed E-state index contributed by atoms with van der Waals surface area (Å²) in [6, 6.07) is 0.441. The Labute approximate surface area is 97.8 Å². The Kier molecular flexibility index (Phi) is 5.22. The van der Waals surface area contributed by atoms with E-state index in [1.165, 1.54) is 0 Å². The smallest absolute Gasteiger partial charge is 0.234 e. The van der Waals surface area contributed by atoms with Gasteiger partial charge in [-0.2, -0.15) is 0 Å². The van der Waals surface area contributed by atoms with E-state index in [0.29, 0.717) is 12.6 Å². The van der Waals surface area contributed by atoms with Gasteiger partial charge in [0, 0.05) is 19.2 Å². The van der Waals surface area contributed by atoms with Gasteiger partial charge in [0.05, 0.1) is 6.54 Å². The molecule has 16 heavy (non-hydrogen) atoms. The highest BCUT2D eigenvalue weighted by molar-refractivity contribution is 5.78. The Hall–Kier alpha value is -0.610. The molecule has 0 aromatic rings. The van der Waals surface area contributed by atoms with Crippen LogP contribution < -0.4 is 10.6 Å². The van der Waals surface area contributed by atoms with E-state index in [1.54, 1.807) is 0 Å². The zero-order valence-electron chi connectivity index (χ0n) is 10.4. The van der Waals surface area contributed by atoms with Crippen LogP contribution in [0.3, 0.4) is 0 Å². The highest BCUT2D eigenvalue weighted by Crippen LogP contribution is 2.20. The van der Waals surface area contributed by atoms with Crippen LogP contribution in [-0.2, 0) is 4.79 Å². The number of rotatable bonds is 8. The largest absolute Gasteiger partial charge is 0.396 e. The van der Waals surface area contributed by atoms with Gasteiger partial charge in [0.25, 0.3) is 0 Å². The maximum Gasteiger partial charge on any atom is 0.234 e. The molecule has 94 valence electrons. The molecule has 0 saturated heterocycles. The monoisotopic (exact) mass is 228 g/mol. The van der Waals surface area contributed by atoms with Gasteiger partial charge in [0.15, 0.2) is 0 Å². The zero-order valence-corrected chi connectivity index (χ0v) is 10.4. The summed E-state index contributed by atoms with van der Waals surface area (Å²) in [6.45, 7) is 5.75. The standard InChI is InChI=1S/C12H24N2O2/c1-12(2,6-3-7-15)9-13-8-11(16)14-10-4-5-10/h10,13,15H,3-9H2,1-2H3,(H,14,16). The minimum atomic E-state index is 0.0976. The van der Waals surface area contributed by atoms with Gasteiger partial charge in [-0.05, 0) is 31.1 Å². The highest BCUT2D eigenvalue weighted by atomic mass is 16.2. The van der Waals surface area contributed by atoms with Crippen molar-refractivity contribution in [3.8, 4) is 0 Å². The molecular weight excluding hydrogens is 204 g/mol. The third-order valence-corrected chi connectivity index (χ3v) is 2.84. The molecule has 0 aliphatic heterocycles. The first kappa shape index (κ1) is 13.5. The second kappa shape index (κ2) is 6.21. The molecule has 3 N–H and O–H groups in total. The normalized spacial score (nSPS) is 16.2. The quantitative estimate of drug-likeness (QED) is 0.572. The van der Waals surface area contributed by atoms with Gasteiger partial charge in [0.1, 0.15) is 0 Å². The van der Waals surface area contributed by atoms with Crippen LogP contribution in [-0.4, -0.2) is 36.8 Å². The molecule has 1 amide bonds. The van der Waals surface area contributed by atoms with Gasteiger partial charge in [0.2, 0.25) is 5.91 Å². The van der Waals surface area contributed by atoms with Gasteiger partial charge in [-0.3, -0.25) is 4.79 Å². The van der Waals surface area contributed by atoms with Gasteiger partial charge in [-0.1, -0.05) is 13.8 Å². The van der Waals surface area contributed by atoms with Gasteiger partial charge in [-0.25, -0.2) is 0 Å². The highest BCUT2D eigenvalue weighted by Gasteiger charge is 2.23. The molecule has 1 rings (SSSR count). The summed E-state index contributed by atoms with van der Waals surface area (Å²) < 4.78 is 0. The van der Waals surface area contributed by atoms with Gasteiger partial charge >= 0.3 is 0 Å². The van der Waals surface area contributed by atoms with Crippen molar-refractivity contribution in [1.29, 1.82) is 0 Å². The maximum atomic E-state index is 11.4. The lowest BCUT2D eigenvalue weighted by molar-refractivity contribution is -0.120. The van der Waals surface area contributed by atoms with E-state index in [9.17, 15) is 4.79 Å². The summed E-state index contributed by atoms with van der Waals surface area (Å²) >= 11 is 0. The van der Waals surface area contributed by atoms with E-state index in [2.05, 4.69) is 24.5 Å². The van der Waals surface area contributed by atoms with E-state index in [-0.39, 0.29) is 17.9 Å². The second-order valence-electron chi connectivity index (χ2n) is 5.44. The molecule has 0 unspecified atom stereocenters. The van der Waals surface area contributed by atoms with Crippen molar-refractivity contribution in [3.05, 3.63) is 0 Å². The van der Waals surface area contributed by atoms with Crippen LogP contribution in [0.4, 0.5) is 0 Å². The SMILES string of the molecule is CC(C)(CCCO)CNCC(=O)NC1CC1. The molecule has 1 fully saturated rings. The van der Waals surface area contributed by atoms with Crippen molar-refractivity contribution in [2.24, 2.45) is 5.41 Å². The molecule has 0 aromatic heterocycles. The predicted octanol–water partition coefficient (Wildman–Crippen LogP) is 0.653. The van der Waals surface area contributed by atoms with E-state index in [0.717, 1.165) is 32.2 Å². The average molecular weight is 228 g/mol. The fourth-order valence-corrected chi connectivity index (χ4v) is 1.67. The maximum absolute atomic E-state index is 11.4. The van der Waals surface area contributed by atoms with Crippen molar-refractivity contribution < 1.29 is 9.90 Å². The Balaban J connectivity index is 2.05. The fraction of sp³-hybridized carbons (Fsp3) is 0.917. The molecule has 4 heteroatoms. The third-order valence-electron chi connectivity index (χ3n) is 2.84. The Morgan fingerprint density at radius 1 is 1.44 bits per heavy atom. The molecular formula is C12H24N2O2. The average Bonchev–Trinajstić information content (AvgIpc) is 2.98. The van der Waals surface area contributed by atoms with Gasteiger partial charge < -0.3 is 15.7 Å². The van der Waals surface area contributed by atoms with Crippen LogP contribution in [0.2, 0.25) is 0 Å². The van der Waals surface area contributed by atoms with E-state index in [1.807, 2.05) is 0 Å². The van der Waals surface area contributed by atoms with Crippen LogP contribution in [0.25, 0.3) is 0 Å². The molecule has 0 aromatic carbocycles. The van der Waals surface area contributed by atoms with Crippen molar-refractivity contribution in [1.82, 2.24) is 10.6 Å². The number of amides is 1. The van der Waals surface area contributed by atoms with E-state index >= 15 is 0 Å². The van der Waals surface area contributed by atoms with Crippen LogP contribution in [0, 0.1) is 5.41 Å². The summed E-state index contributed by atoms with van der Waals surface area (Å²) in [7, 11) is 0.